The topological polar surface area (TPSA) is 15.3 Å². The van der Waals surface area contributed by atoms with Crippen molar-refractivity contribution < 1.29 is 0 Å². The van der Waals surface area contributed by atoms with Gasteiger partial charge in [0.1, 0.15) is 0 Å². The van der Waals surface area contributed by atoms with E-state index in [1.165, 1.54) is 32.5 Å². The van der Waals surface area contributed by atoms with Gasteiger partial charge in [-0.3, -0.25) is 0 Å². The Bertz CT molecular complexity index is 230. The molecule has 0 saturated carbocycles. The molecule has 0 bridgehead atoms. The Morgan fingerprint density at radius 1 is 1.28 bits per heavy atom. The largest absolute Gasteiger partial charge is 0.312 e. The molecule has 18 heavy (non-hydrogen) atoms. The fourth-order valence-corrected chi connectivity index (χ4v) is 2.82. The summed E-state index contributed by atoms with van der Waals surface area (Å²) in [5, 5.41) is 3.71. The van der Waals surface area contributed by atoms with Crippen LogP contribution in [0, 0.1) is 17.3 Å². The SMILES string of the molecule is CCCNC(CN1CCC(C(C)(C)C)C1)C(C)C. The third kappa shape index (κ3) is 4.89. The van der Waals surface area contributed by atoms with Gasteiger partial charge in [-0.1, -0.05) is 41.5 Å². The van der Waals surface area contributed by atoms with Crippen LogP contribution in [0.5, 0.6) is 0 Å². The summed E-state index contributed by atoms with van der Waals surface area (Å²) in [6, 6.07) is 0.656. The zero-order chi connectivity index (χ0) is 13.8. The van der Waals surface area contributed by atoms with Gasteiger partial charge in [0.25, 0.3) is 0 Å². The summed E-state index contributed by atoms with van der Waals surface area (Å²) in [4.78, 5) is 2.67. The van der Waals surface area contributed by atoms with Crippen LogP contribution in [0.2, 0.25) is 0 Å². The molecule has 1 N–H and O–H groups in total. The summed E-state index contributed by atoms with van der Waals surface area (Å²) < 4.78 is 0. The third-order valence-corrected chi connectivity index (χ3v) is 4.41. The van der Waals surface area contributed by atoms with Crippen molar-refractivity contribution in [1.82, 2.24) is 10.2 Å². The number of hydrogen-bond donors (Lipinski definition) is 1. The zero-order valence-electron chi connectivity index (χ0n) is 13.4. The van der Waals surface area contributed by atoms with E-state index in [2.05, 4.69) is 51.8 Å². The number of nitrogens with one attached hydrogen (secondary N) is 1. The number of nitrogens with zero attached hydrogens (tertiary/aromatic N) is 1. The molecule has 0 spiro atoms. The van der Waals surface area contributed by atoms with E-state index in [4.69, 9.17) is 0 Å². The lowest BCUT2D eigenvalue weighted by Gasteiger charge is -2.30. The molecule has 1 fully saturated rings. The van der Waals surface area contributed by atoms with Crippen molar-refractivity contribution in [3.05, 3.63) is 0 Å². The lowest BCUT2D eigenvalue weighted by molar-refractivity contribution is 0.208. The standard InChI is InChI=1S/C16H34N2/c1-7-9-17-15(13(2)3)12-18-10-8-14(11-18)16(4,5)6/h13-15,17H,7-12H2,1-6H3. The van der Waals surface area contributed by atoms with Gasteiger partial charge in [0.15, 0.2) is 0 Å². The Hall–Kier alpha value is -0.0800. The van der Waals surface area contributed by atoms with Gasteiger partial charge in [0, 0.05) is 19.1 Å². The molecule has 2 nitrogen and oxygen atoms in total. The van der Waals surface area contributed by atoms with Crippen LogP contribution in [0.25, 0.3) is 0 Å². The molecule has 1 heterocycles. The van der Waals surface area contributed by atoms with Gasteiger partial charge in [-0.05, 0) is 43.2 Å². The Morgan fingerprint density at radius 2 is 1.94 bits per heavy atom. The minimum absolute atomic E-state index is 0.471. The van der Waals surface area contributed by atoms with E-state index in [0.717, 1.165) is 18.4 Å². The van der Waals surface area contributed by atoms with Crippen molar-refractivity contribution in [2.75, 3.05) is 26.2 Å². The number of likely N-dealkylation sites (tertiary alicyclic amines) is 1. The smallest absolute Gasteiger partial charge is 0.0217 e. The normalized spacial score (nSPS) is 23.8. The molecule has 0 aromatic rings. The Morgan fingerprint density at radius 3 is 2.39 bits per heavy atom. The number of hydrogen-bond acceptors (Lipinski definition) is 2. The van der Waals surface area contributed by atoms with Crippen LogP contribution in [-0.4, -0.2) is 37.1 Å². The van der Waals surface area contributed by atoms with E-state index < -0.39 is 0 Å². The second kappa shape index (κ2) is 6.91. The maximum atomic E-state index is 3.71. The molecular formula is C16H34N2. The first kappa shape index (κ1) is 16.0. The Balaban J connectivity index is 2.42. The fourth-order valence-electron chi connectivity index (χ4n) is 2.82. The van der Waals surface area contributed by atoms with Crippen molar-refractivity contribution in [2.45, 2.75) is 60.4 Å². The minimum Gasteiger partial charge on any atom is -0.312 e. The molecule has 1 rings (SSSR count). The maximum Gasteiger partial charge on any atom is 0.0217 e. The van der Waals surface area contributed by atoms with Gasteiger partial charge >= 0.3 is 0 Å². The van der Waals surface area contributed by atoms with Crippen molar-refractivity contribution in [3.63, 3.8) is 0 Å². The Labute approximate surface area is 115 Å². The van der Waals surface area contributed by atoms with Crippen LogP contribution in [0.15, 0.2) is 0 Å². The van der Waals surface area contributed by atoms with Crippen LogP contribution < -0.4 is 5.32 Å². The van der Waals surface area contributed by atoms with E-state index in [0.29, 0.717) is 11.5 Å². The number of rotatable bonds is 6. The highest BCUT2D eigenvalue weighted by Gasteiger charge is 2.32. The molecule has 0 radical (unpaired) electrons. The lowest BCUT2D eigenvalue weighted by atomic mass is 9.80. The summed E-state index contributed by atoms with van der Waals surface area (Å²) in [7, 11) is 0. The molecule has 1 saturated heterocycles. The molecule has 0 aliphatic carbocycles. The first-order valence-electron chi connectivity index (χ1n) is 7.80. The maximum absolute atomic E-state index is 3.71. The van der Waals surface area contributed by atoms with Crippen LogP contribution >= 0.6 is 0 Å². The first-order valence-corrected chi connectivity index (χ1v) is 7.80. The van der Waals surface area contributed by atoms with Crippen LogP contribution in [0.3, 0.4) is 0 Å². The predicted molar refractivity (Wildman–Crippen MR) is 80.9 cm³/mol. The first-order chi connectivity index (χ1) is 8.34. The quantitative estimate of drug-likeness (QED) is 0.782. The van der Waals surface area contributed by atoms with Crippen molar-refractivity contribution in [3.8, 4) is 0 Å². The predicted octanol–water partition coefficient (Wildman–Crippen LogP) is 3.38. The van der Waals surface area contributed by atoms with Gasteiger partial charge in [-0.15, -0.1) is 0 Å². The molecule has 2 unspecified atom stereocenters. The highest BCUT2D eigenvalue weighted by atomic mass is 15.2. The van der Waals surface area contributed by atoms with Crippen LogP contribution in [0.1, 0.15) is 54.4 Å². The highest BCUT2D eigenvalue weighted by Crippen LogP contribution is 2.33. The molecule has 2 atom stereocenters. The highest BCUT2D eigenvalue weighted by molar-refractivity contribution is 4.86. The monoisotopic (exact) mass is 254 g/mol. The summed E-state index contributed by atoms with van der Waals surface area (Å²) >= 11 is 0. The molecular weight excluding hydrogens is 220 g/mol. The Kier molecular flexibility index (Phi) is 6.13. The second-order valence-corrected chi connectivity index (χ2v) is 7.42. The minimum atomic E-state index is 0.471. The summed E-state index contributed by atoms with van der Waals surface area (Å²) in [5.41, 5.74) is 0.471. The average molecular weight is 254 g/mol. The van der Waals surface area contributed by atoms with E-state index in [1.807, 2.05) is 0 Å². The van der Waals surface area contributed by atoms with Crippen molar-refractivity contribution in [2.24, 2.45) is 17.3 Å². The summed E-state index contributed by atoms with van der Waals surface area (Å²) in [6.07, 6.45) is 2.61. The van der Waals surface area contributed by atoms with Crippen molar-refractivity contribution >= 4 is 0 Å². The van der Waals surface area contributed by atoms with Gasteiger partial charge < -0.3 is 10.2 Å². The van der Waals surface area contributed by atoms with Gasteiger partial charge in [-0.25, -0.2) is 0 Å². The average Bonchev–Trinajstić information content (AvgIpc) is 2.71. The molecule has 1 aliphatic rings. The molecule has 0 amide bonds. The van der Waals surface area contributed by atoms with E-state index in [1.54, 1.807) is 0 Å². The van der Waals surface area contributed by atoms with E-state index >= 15 is 0 Å². The zero-order valence-corrected chi connectivity index (χ0v) is 13.4. The molecule has 1 aliphatic heterocycles. The van der Waals surface area contributed by atoms with E-state index in [-0.39, 0.29) is 0 Å². The lowest BCUT2D eigenvalue weighted by Crippen LogP contribution is -2.44. The molecule has 0 aromatic carbocycles. The molecule has 2 heteroatoms. The summed E-state index contributed by atoms with van der Waals surface area (Å²) in [6.45, 7) is 19.0. The summed E-state index contributed by atoms with van der Waals surface area (Å²) in [5.74, 6) is 1.60. The van der Waals surface area contributed by atoms with Crippen LogP contribution in [0.4, 0.5) is 0 Å². The van der Waals surface area contributed by atoms with Gasteiger partial charge in [0.05, 0.1) is 0 Å². The van der Waals surface area contributed by atoms with Gasteiger partial charge in [0.2, 0.25) is 0 Å². The third-order valence-electron chi connectivity index (χ3n) is 4.41. The van der Waals surface area contributed by atoms with Gasteiger partial charge in [-0.2, -0.15) is 0 Å². The molecule has 108 valence electrons. The van der Waals surface area contributed by atoms with Crippen LogP contribution in [-0.2, 0) is 0 Å². The van der Waals surface area contributed by atoms with Crippen molar-refractivity contribution in [1.29, 1.82) is 0 Å². The fraction of sp³-hybridized carbons (Fsp3) is 1.00. The molecule has 0 aromatic heterocycles. The van der Waals surface area contributed by atoms with E-state index in [9.17, 15) is 0 Å². The second-order valence-electron chi connectivity index (χ2n) is 7.42.